The van der Waals surface area contributed by atoms with Crippen LogP contribution in [0.25, 0.3) is 0 Å². The first-order valence-corrected chi connectivity index (χ1v) is 27.7. The maximum Gasteiger partial charge on any atom is 0.222 e. The van der Waals surface area contributed by atoms with E-state index in [1.54, 1.807) is 0 Å². The Kier molecular flexibility index (Phi) is 29.2. The number of hydrogen-bond acceptors (Lipinski definition) is 4. The third-order valence-electron chi connectivity index (χ3n) is 14.4. The van der Waals surface area contributed by atoms with Crippen molar-refractivity contribution in [2.24, 2.45) is 0 Å². The van der Waals surface area contributed by atoms with Crippen LogP contribution in [-0.2, 0) is 9.59 Å². The van der Waals surface area contributed by atoms with Gasteiger partial charge in [-0.25, -0.2) is 0 Å². The van der Waals surface area contributed by atoms with E-state index in [0.29, 0.717) is 37.7 Å². The van der Waals surface area contributed by atoms with Crippen LogP contribution in [0.5, 0.6) is 0 Å². The Bertz CT molecular complexity index is 1030. The number of nitrogens with zero attached hydrogens (tertiary/aromatic N) is 2. The van der Waals surface area contributed by atoms with Crippen LogP contribution in [0.4, 0.5) is 0 Å². The van der Waals surface area contributed by atoms with E-state index >= 15 is 0 Å². The molecule has 0 spiro atoms. The van der Waals surface area contributed by atoms with Gasteiger partial charge in [-0.1, -0.05) is 194 Å². The number of hydrogen-bond donors (Lipinski definition) is 2. The molecule has 6 heteroatoms. The highest BCUT2D eigenvalue weighted by Gasteiger charge is 2.43. The maximum absolute atomic E-state index is 14.4. The van der Waals surface area contributed by atoms with Crippen molar-refractivity contribution in [1.82, 2.24) is 20.4 Å². The van der Waals surface area contributed by atoms with Gasteiger partial charge in [-0.15, -0.1) is 0 Å². The zero-order valence-corrected chi connectivity index (χ0v) is 43.7. The molecule has 2 heterocycles. The number of nitrogens with one attached hydrogen (secondary N) is 2. The van der Waals surface area contributed by atoms with E-state index in [1.165, 1.54) is 167 Å². The first-order chi connectivity index (χ1) is 29.5. The molecule has 0 unspecified atom stereocenters. The van der Waals surface area contributed by atoms with E-state index in [-0.39, 0.29) is 34.2 Å². The molecular weight excluding hydrogens is 761 g/mol. The summed E-state index contributed by atoms with van der Waals surface area (Å²) in [6.45, 7) is 24.2. The highest BCUT2D eigenvalue weighted by Crippen LogP contribution is 2.34. The fourth-order valence-corrected chi connectivity index (χ4v) is 11.8. The monoisotopic (exact) mass is 871 g/mol. The molecule has 2 rings (SSSR count). The van der Waals surface area contributed by atoms with E-state index in [9.17, 15) is 9.59 Å². The van der Waals surface area contributed by atoms with Crippen molar-refractivity contribution in [1.29, 1.82) is 0 Å². The standard InChI is InChI=1S/C56H110N4O2/c1-11-13-15-17-19-21-23-25-27-29-31-33-35-37-39-41-51(61)59(49-45-53(3,4)57-54(5,6)46-49)43-44-60(50-47-55(7,8)58-56(9,10)48-50)52(62)42-40-38-36-34-32-30-28-26-24-22-20-18-16-14-12-2/h49-50,57-58H,11-48H2,1-10H3. The Morgan fingerprint density at radius 3 is 0.758 bits per heavy atom. The fourth-order valence-electron chi connectivity index (χ4n) is 11.8. The van der Waals surface area contributed by atoms with Crippen molar-refractivity contribution >= 4 is 11.8 Å². The van der Waals surface area contributed by atoms with Crippen molar-refractivity contribution in [2.45, 2.75) is 335 Å². The van der Waals surface area contributed by atoms with Gasteiger partial charge in [-0.3, -0.25) is 9.59 Å². The van der Waals surface area contributed by atoms with Gasteiger partial charge in [0.1, 0.15) is 0 Å². The van der Waals surface area contributed by atoms with Crippen LogP contribution < -0.4 is 10.6 Å². The van der Waals surface area contributed by atoms with Crippen molar-refractivity contribution in [3.8, 4) is 0 Å². The number of carbonyl (C=O) groups excluding carboxylic acids is 2. The smallest absolute Gasteiger partial charge is 0.222 e. The topological polar surface area (TPSA) is 64.7 Å². The summed E-state index contributed by atoms with van der Waals surface area (Å²) in [6.07, 6.45) is 45.0. The second kappa shape index (κ2) is 31.7. The van der Waals surface area contributed by atoms with Gasteiger partial charge in [0, 0.05) is 60.2 Å². The predicted octanol–water partition coefficient (Wildman–Crippen LogP) is 15.8. The van der Waals surface area contributed by atoms with Gasteiger partial charge in [0.25, 0.3) is 0 Å². The minimum Gasteiger partial charge on any atom is -0.338 e. The molecule has 2 aliphatic rings. The largest absolute Gasteiger partial charge is 0.338 e. The molecule has 0 bridgehead atoms. The first kappa shape index (κ1) is 57.0. The Morgan fingerprint density at radius 1 is 0.355 bits per heavy atom. The minimum absolute atomic E-state index is 0.0499. The summed E-state index contributed by atoms with van der Waals surface area (Å²) >= 11 is 0. The van der Waals surface area contributed by atoms with Gasteiger partial charge >= 0.3 is 0 Å². The van der Waals surface area contributed by atoms with E-state index in [0.717, 1.165) is 51.4 Å². The summed E-state index contributed by atoms with van der Waals surface area (Å²) in [5.41, 5.74) is -0.200. The highest BCUT2D eigenvalue weighted by molar-refractivity contribution is 5.78. The molecule has 0 aromatic heterocycles. The molecule has 0 saturated carbocycles. The molecule has 2 saturated heterocycles. The molecule has 6 nitrogen and oxygen atoms in total. The summed E-state index contributed by atoms with van der Waals surface area (Å²) in [6, 6.07) is 0.358. The summed E-state index contributed by atoms with van der Waals surface area (Å²) in [4.78, 5) is 33.3. The van der Waals surface area contributed by atoms with Crippen LogP contribution in [0.3, 0.4) is 0 Å². The van der Waals surface area contributed by atoms with E-state index in [1.807, 2.05) is 0 Å². The molecule has 0 aromatic rings. The lowest BCUT2D eigenvalue weighted by Crippen LogP contribution is -2.64. The second-order valence-electron chi connectivity index (χ2n) is 23.5. The third kappa shape index (κ3) is 26.7. The van der Waals surface area contributed by atoms with Crippen LogP contribution in [0.1, 0.15) is 300 Å². The number of piperidine rings is 2. The molecule has 2 N–H and O–H groups in total. The van der Waals surface area contributed by atoms with Crippen molar-refractivity contribution in [3.05, 3.63) is 0 Å². The molecule has 0 aliphatic carbocycles. The minimum atomic E-state index is -0.0499. The lowest BCUT2D eigenvalue weighted by Gasteiger charge is -2.51. The SMILES string of the molecule is CCCCCCCCCCCCCCCCCC(=O)N(CCN(C(=O)CCCCCCCCCCCCCCCCC)C1CC(C)(C)NC(C)(C)C1)C1CC(C)(C)NC(C)(C)C1. The number of carbonyl (C=O) groups is 2. The fraction of sp³-hybridized carbons (Fsp3) is 0.964. The van der Waals surface area contributed by atoms with Crippen molar-refractivity contribution in [3.63, 3.8) is 0 Å². The summed E-state index contributed by atoms with van der Waals surface area (Å²) < 4.78 is 0. The summed E-state index contributed by atoms with van der Waals surface area (Å²) in [5.74, 6) is 0.609. The summed E-state index contributed by atoms with van der Waals surface area (Å²) in [7, 11) is 0. The van der Waals surface area contributed by atoms with Gasteiger partial charge in [0.05, 0.1) is 0 Å². The lowest BCUT2D eigenvalue weighted by atomic mass is 9.78. The molecule has 2 aliphatic heterocycles. The van der Waals surface area contributed by atoms with Crippen molar-refractivity contribution in [2.75, 3.05) is 13.1 Å². The van der Waals surface area contributed by atoms with Crippen LogP contribution in [0.15, 0.2) is 0 Å². The van der Waals surface area contributed by atoms with Gasteiger partial charge < -0.3 is 20.4 Å². The molecule has 366 valence electrons. The molecule has 2 fully saturated rings. The Morgan fingerprint density at radius 2 is 0.548 bits per heavy atom. The maximum atomic E-state index is 14.4. The average molecular weight is 872 g/mol. The van der Waals surface area contributed by atoms with Gasteiger partial charge in [-0.05, 0) is 93.9 Å². The van der Waals surface area contributed by atoms with E-state index in [4.69, 9.17) is 0 Å². The second-order valence-corrected chi connectivity index (χ2v) is 23.5. The first-order valence-electron chi connectivity index (χ1n) is 27.7. The lowest BCUT2D eigenvalue weighted by molar-refractivity contribution is -0.141. The quantitative estimate of drug-likeness (QED) is 0.0611. The van der Waals surface area contributed by atoms with Gasteiger partial charge in [0.2, 0.25) is 11.8 Å². The van der Waals surface area contributed by atoms with Gasteiger partial charge in [-0.2, -0.15) is 0 Å². The molecule has 62 heavy (non-hydrogen) atoms. The van der Waals surface area contributed by atoms with Crippen molar-refractivity contribution < 1.29 is 9.59 Å². The number of amides is 2. The number of rotatable bonds is 37. The van der Waals surface area contributed by atoms with E-state index < -0.39 is 0 Å². The Labute approximate surface area is 388 Å². The normalized spacial score (nSPS) is 18.5. The Hall–Kier alpha value is -1.14. The van der Waals surface area contributed by atoms with E-state index in [2.05, 4.69) is 89.7 Å². The molecule has 2 amide bonds. The molecule has 0 atom stereocenters. The Balaban J connectivity index is 1.92. The number of unbranched alkanes of at least 4 members (excludes halogenated alkanes) is 28. The zero-order valence-electron chi connectivity index (χ0n) is 43.7. The summed E-state index contributed by atoms with van der Waals surface area (Å²) in [5, 5.41) is 7.72. The third-order valence-corrected chi connectivity index (χ3v) is 14.4. The van der Waals surface area contributed by atoms with Crippen LogP contribution in [0, 0.1) is 0 Å². The van der Waals surface area contributed by atoms with Crippen LogP contribution >= 0.6 is 0 Å². The van der Waals surface area contributed by atoms with Gasteiger partial charge in [0.15, 0.2) is 0 Å². The zero-order chi connectivity index (χ0) is 45.7. The van der Waals surface area contributed by atoms with Crippen LogP contribution in [-0.4, -0.2) is 68.9 Å². The highest BCUT2D eigenvalue weighted by atomic mass is 16.2. The average Bonchev–Trinajstić information content (AvgIpc) is 3.17. The predicted molar refractivity (Wildman–Crippen MR) is 271 cm³/mol. The molecule has 0 radical (unpaired) electrons. The van der Waals surface area contributed by atoms with Crippen LogP contribution in [0.2, 0.25) is 0 Å². The molecular formula is C56H110N4O2. The molecule has 0 aromatic carbocycles.